The van der Waals surface area contributed by atoms with Crippen LogP contribution in [0.3, 0.4) is 0 Å². The number of rotatable bonds is 4. The molecule has 0 unspecified atom stereocenters. The van der Waals surface area contributed by atoms with Crippen molar-refractivity contribution in [3.8, 4) is 5.75 Å². The molecule has 0 aliphatic rings. The molecule has 0 atom stereocenters. The van der Waals surface area contributed by atoms with Gasteiger partial charge in [-0.1, -0.05) is 39.8 Å². The minimum absolute atomic E-state index is 0.163. The summed E-state index contributed by atoms with van der Waals surface area (Å²) < 4.78 is 5.31. The summed E-state index contributed by atoms with van der Waals surface area (Å²) in [5, 5.41) is 9.35. The molecule has 3 nitrogen and oxygen atoms in total. The van der Waals surface area contributed by atoms with Gasteiger partial charge in [0.05, 0.1) is 7.11 Å². The van der Waals surface area contributed by atoms with E-state index in [1.54, 1.807) is 0 Å². The Hall–Kier alpha value is -1.51. The maximum Gasteiger partial charge on any atom is 0.339 e. The van der Waals surface area contributed by atoms with Gasteiger partial charge in [0.25, 0.3) is 0 Å². The molecule has 0 heterocycles. The Morgan fingerprint density at radius 1 is 1.12 bits per heavy atom. The van der Waals surface area contributed by atoms with Crippen LogP contribution in [0.2, 0.25) is 0 Å². The van der Waals surface area contributed by atoms with Crippen molar-refractivity contribution in [1.29, 1.82) is 0 Å². The quantitative estimate of drug-likeness (QED) is 0.868. The lowest BCUT2D eigenvalue weighted by atomic mass is 9.91. The van der Waals surface area contributed by atoms with Crippen molar-refractivity contribution in [3.63, 3.8) is 0 Å². The Kier molecular flexibility index (Phi) is 4.16. The molecular formula is C14H20O3. The van der Waals surface area contributed by atoms with Crippen molar-refractivity contribution in [2.75, 3.05) is 7.11 Å². The van der Waals surface area contributed by atoms with Gasteiger partial charge < -0.3 is 9.84 Å². The van der Waals surface area contributed by atoms with Crippen LogP contribution in [0.5, 0.6) is 5.75 Å². The molecule has 0 saturated heterocycles. The molecule has 17 heavy (non-hydrogen) atoms. The smallest absolute Gasteiger partial charge is 0.339 e. The number of hydrogen-bond acceptors (Lipinski definition) is 2. The van der Waals surface area contributed by atoms with Gasteiger partial charge in [-0.05, 0) is 23.0 Å². The van der Waals surface area contributed by atoms with Crippen molar-refractivity contribution >= 4 is 5.97 Å². The summed E-state index contributed by atoms with van der Waals surface area (Å²) in [6.07, 6.45) is 0. The molecule has 0 fully saturated rings. The van der Waals surface area contributed by atoms with Gasteiger partial charge in [-0.15, -0.1) is 0 Å². The molecule has 1 rings (SSSR count). The lowest BCUT2D eigenvalue weighted by molar-refractivity contribution is 0.0691. The molecule has 1 aromatic carbocycles. The molecule has 0 spiro atoms. The van der Waals surface area contributed by atoms with Gasteiger partial charge in [0.2, 0.25) is 0 Å². The zero-order valence-electron chi connectivity index (χ0n) is 11.1. The molecule has 1 N–H and O–H groups in total. The van der Waals surface area contributed by atoms with Gasteiger partial charge >= 0.3 is 5.97 Å². The summed E-state index contributed by atoms with van der Waals surface area (Å²) in [5.41, 5.74) is 2.06. The van der Waals surface area contributed by atoms with Gasteiger partial charge in [0.1, 0.15) is 11.3 Å². The molecule has 0 aliphatic carbocycles. The van der Waals surface area contributed by atoms with Crippen LogP contribution in [-0.4, -0.2) is 18.2 Å². The minimum atomic E-state index is -0.923. The van der Waals surface area contributed by atoms with E-state index in [-0.39, 0.29) is 11.8 Å². The summed E-state index contributed by atoms with van der Waals surface area (Å²) in [6, 6.07) is 3.86. The van der Waals surface area contributed by atoms with Crippen LogP contribution in [0.15, 0.2) is 12.1 Å². The molecule has 0 amide bonds. The van der Waals surface area contributed by atoms with Gasteiger partial charge in [-0.3, -0.25) is 0 Å². The summed E-state index contributed by atoms with van der Waals surface area (Å²) in [4.78, 5) is 11.4. The molecule has 94 valence electrons. The first-order valence-electron chi connectivity index (χ1n) is 5.84. The fourth-order valence-corrected chi connectivity index (χ4v) is 1.99. The van der Waals surface area contributed by atoms with Crippen LogP contribution in [0.1, 0.15) is 61.0 Å². The van der Waals surface area contributed by atoms with Crippen molar-refractivity contribution in [2.24, 2.45) is 0 Å². The predicted octanol–water partition coefficient (Wildman–Crippen LogP) is 3.64. The zero-order valence-corrected chi connectivity index (χ0v) is 11.1. The van der Waals surface area contributed by atoms with Crippen molar-refractivity contribution in [1.82, 2.24) is 0 Å². The van der Waals surface area contributed by atoms with E-state index in [0.29, 0.717) is 11.3 Å². The first-order chi connectivity index (χ1) is 7.90. The third kappa shape index (κ3) is 2.60. The average molecular weight is 236 g/mol. The van der Waals surface area contributed by atoms with E-state index < -0.39 is 5.97 Å². The van der Waals surface area contributed by atoms with Gasteiger partial charge in [0, 0.05) is 0 Å². The summed E-state index contributed by atoms with van der Waals surface area (Å²) in [5.74, 6) is -0.0211. The van der Waals surface area contributed by atoms with Crippen molar-refractivity contribution in [3.05, 3.63) is 28.8 Å². The molecule has 1 aromatic rings. The Balaban J connectivity index is 3.55. The number of aromatic carboxylic acids is 1. The maximum absolute atomic E-state index is 11.4. The van der Waals surface area contributed by atoms with E-state index in [1.807, 2.05) is 39.8 Å². The Morgan fingerprint density at radius 2 is 1.59 bits per heavy atom. The number of carboxylic acids is 1. The summed E-state index contributed by atoms with van der Waals surface area (Å²) in [6.45, 7) is 8.02. The molecular weight excluding hydrogens is 216 g/mol. The van der Waals surface area contributed by atoms with E-state index in [4.69, 9.17) is 4.74 Å². The van der Waals surface area contributed by atoms with E-state index in [1.165, 1.54) is 7.11 Å². The summed E-state index contributed by atoms with van der Waals surface area (Å²) >= 11 is 0. The number of methoxy groups -OCH3 is 1. The second kappa shape index (κ2) is 5.21. The number of hydrogen-bond donors (Lipinski definition) is 1. The van der Waals surface area contributed by atoms with E-state index in [9.17, 15) is 9.90 Å². The lowest BCUT2D eigenvalue weighted by Gasteiger charge is -2.18. The lowest BCUT2D eigenvalue weighted by Crippen LogP contribution is -2.09. The monoisotopic (exact) mass is 236 g/mol. The number of carbonyl (C=O) groups is 1. The topological polar surface area (TPSA) is 46.5 Å². The van der Waals surface area contributed by atoms with Gasteiger partial charge in [0.15, 0.2) is 0 Å². The largest absolute Gasteiger partial charge is 0.496 e. The maximum atomic E-state index is 11.4. The first kappa shape index (κ1) is 13.6. The standard InChI is InChI=1S/C14H20O3/c1-8(2)10-6-7-11(9(3)4)13(17-5)12(10)14(15)16/h6-9H,1-5H3,(H,15,16). The fourth-order valence-electron chi connectivity index (χ4n) is 1.99. The second-order valence-corrected chi connectivity index (χ2v) is 4.77. The highest BCUT2D eigenvalue weighted by Gasteiger charge is 2.22. The SMILES string of the molecule is COc1c(C(C)C)ccc(C(C)C)c1C(=O)O. The minimum Gasteiger partial charge on any atom is -0.496 e. The van der Waals surface area contributed by atoms with Crippen LogP contribution in [0.4, 0.5) is 0 Å². The molecule has 0 bridgehead atoms. The summed E-state index contributed by atoms with van der Waals surface area (Å²) in [7, 11) is 1.53. The Morgan fingerprint density at radius 3 is 1.94 bits per heavy atom. The zero-order chi connectivity index (χ0) is 13.2. The molecule has 0 aromatic heterocycles. The highest BCUT2D eigenvalue weighted by Crippen LogP contribution is 2.35. The Bertz CT molecular complexity index is 420. The third-order valence-corrected chi connectivity index (χ3v) is 2.88. The van der Waals surface area contributed by atoms with Crippen LogP contribution >= 0.6 is 0 Å². The highest BCUT2D eigenvalue weighted by molar-refractivity contribution is 5.93. The average Bonchev–Trinajstić information content (AvgIpc) is 2.26. The van der Waals surface area contributed by atoms with Crippen LogP contribution < -0.4 is 4.74 Å². The third-order valence-electron chi connectivity index (χ3n) is 2.88. The number of benzene rings is 1. The molecule has 0 radical (unpaired) electrons. The van der Waals surface area contributed by atoms with E-state index in [0.717, 1.165) is 11.1 Å². The Labute approximate surface area is 102 Å². The first-order valence-corrected chi connectivity index (χ1v) is 5.84. The van der Waals surface area contributed by atoms with Crippen molar-refractivity contribution in [2.45, 2.75) is 39.5 Å². The van der Waals surface area contributed by atoms with E-state index >= 15 is 0 Å². The van der Waals surface area contributed by atoms with E-state index in [2.05, 4.69) is 0 Å². The van der Waals surface area contributed by atoms with Gasteiger partial charge in [-0.2, -0.15) is 0 Å². The predicted molar refractivity (Wildman–Crippen MR) is 68.1 cm³/mol. The number of carboxylic acid groups (broad SMARTS) is 1. The van der Waals surface area contributed by atoms with Crippen LogP contribution in [-0.2, 0) is 0 Å². The van der Waals surface area contributed by atoms with Gasteiger partial charge in [-0.25, -0.2) is 4.79 Å². The normalized spacial score (nSPS) is 11.0. The number of ether oxygens (including phenoxy) is 1. The van der Waals surface area contributed by atoms with Crippen LogP contribution in [0.25, 0.3) is 0 Å². The van der Waals surface area contributed by atoms with Crippen LogP contribution in [0, 0.1) is 0 Å². The molecule has 0 aliphatic heterocycles. The molecule has 3 heteroatoms. The fraction of sp³-hybridized carbons (Fsp3) is 0.500. The highest BCUT2D eigenvalue weighted by atomic mass is 16.5. The van der Waals surface area contributed by atoms with Crippen molar-refractivity contribution < 1.29 is 14.6 Å². The molecule has 0 saturated carbocycles. The second-order valence-electron chi connectivity index (χ2n) is 4.77.